The zero-order valence-corrected chi connectivity index (χ0v) is 12.6. The third-order valence-corrected chi connectivity index (χ3v) is 5.19. The Labute approximate surface area is 123 Å². The van der Waals surface area contributed by atoms with Crippen molar-refractivity contribution in [2.75, 3.05) is 19.6 Å². The van der Waals surface area contributed by atoms with E-state index in [0.717, 1.165) is 24.9 Å². The van der Waals surface area contributed by atoms with Gasteiger partial charge in [-0.05, 0) is 68.7 Å². The molecular formula is C18H28N2. The molecule has 0 heterocycles. The molecule has 1 saturated carbocycles. The molecule has 3 rings (SSSR count). The standard InChI is InChI=1S/C18H28N2/c19-12-5-13-20(17-9-4-10-17)14-16-8-3-7-15-6-1-2-11-18(15)16/h1-2,6,11,16-17H,3-5,7-10,12-14,19H2. The lowest BCUT2D eigenvalue weighted by Gasteiger charge is -2.40. The molecule has 110 valence electrons. The fourth-order valence-electron chi connectivity index (χ4n) is 3.80. The summed E-state index contributed by atoms with van der Waals surface area (Å²) < 4.78 is 0. The van der Waals surface area contributed by atoms with Gasteiger partial charge < -0.3 is 5.73 Å². The van der Waals surface area contributed by atoms with Crippen LogP contribution in [-0.4, -0.2) is 30.6 Å². The molecule has 20 heavy (non-hydrogen) atoms. The van der Waals surface area contributed by atoms with E-state index in [-0.39, 0.29) is 0 Å². The van der Waals surface area contributed by atoms with Gasteiger partial charge in [-0.3, -0.25) is 4.90 Å². The van der Waals surface area contributed by atoms with Crippen LogP contribution in [0.1, 0.15) is 55.6 Å². The maximum Gasteiger partial charge on any atom is 0.00955 e. The Bertz CT molecular complexity index is 425. The predicted molar refractivity (Wildman–Crippen MR) is 85.0 cm³/mol. The highest BCUT2D eigenvalue weighted by Crippen LogP contribution is 2.34. The van der Waals surface area contributed by atoms with Crippen molar-refractivity contribution in [3.8, 4) is 0 Å². The molecule has 1 fully saturated rings. The Morgan fingerprint density at radius 2 is 1.95 bits per heavy atom. The van der Waals surface area contributed by atoms with Gasteiger partial charge in [-0.1, -0.05) is 30.7 Å². The molecule has 0 aliphatic heterocycles. The minimum Gasteiger partial charge on any atom is -0.330 e. The first-order valence-corrected chi connectivity index (χ1v) is 8.40. The van der Waals surface area contributed by atoms with Gasteiger partial charge in [-0.15, -0.1) is 0 Å². The molecular weight excluding hydrogens is 244 g/mol. The van der Waals surface area contributed by atoms with E-state index < -0.39 is 0 Å². The highest BCUT2D eigenvalue weighted by Gasteiger charge is 2.28. The summed E-state index contributed by atoms with van der Waals surface area (Å²) in [6.07, 6.45) is 9.37. The van der Waals surface area contributed by atoms with Crippen LogP contribution in [0, 0.1) is 0 Å². The second kappa shape index (κ2) is 6.73. The molecule has 0 bridgehead atoms. The van der Waals surface area contributed by atoms with Crippen LogP contribution in [0.25, 0.3) is 0 Å². The van der Waals surface area contributed by atoms with E-state index in [2.05, 4.69) is 29.2 Å². The van der Waals surface area contributed by atoms with Crippen LogP contribution in [0.3, 0.4) is 0 Å². The second-order valence-corrected chi connectivity index (χ2v) is 6.51. The van der Waals surface area contributed by atoms with Gasteiger partial charge in [0.05, 0.1) is 0 Å². The monoisotopic (exact) mass is 272 g/mol. The molecule has 2 aliphatic rings. The van der Waals surface area contributed by atoms with E-state index in [0.29, 0.717) is 0 Å². The summed E-state index contributed by atoms with van der Waals surface area (Å²) in [6, 6.07) is 9.94. The van der Waals surface area contributed by atoms with Crippen molar-refractivity contribution >= 4 is 0 Å². The summed E-state index contributed by atoms with van der Waals surface area (Å²) in [6.45, 7) is 3.27. The number of nitrogens with two attached hydrogens (primary N) is 1. The zero-order valence-electron chi connectivity index (χ0n) is 12.6. The van der Waals surface area contributed by atoms with Crippen molar-refractivity contribution in [2.45, 2.75) is 56.9 Å². The first-order valence-electron chi connectivity index (χ1n) is 8.40. The van der Waals surface area contributed by atoms with E-state index in [9.17, 15) is 0 Å². The Morgan fingerprint density at radius 3 is 2.70 bits per heavy atom. The van der Waals surface area contributed by atoms with Crippen molar-refractivity contribution < 1.29 is 0 Å². The average Bonchev–Trinajstić information content (AvgIpc) is 2.43. The minimum atomic E-state index is 0.748. The van der Waals surface area contributed by atoms with E-state index >= 15 is 0 Å². The molecule has 2 aliphatic carbocycles. The highest BCUT2D eigenvalue weighted by molar-refractivity contribution is 5.32. The van der Waals surface area contributed by atoms with E-state index in [1.165, 1.54) is 51.6 Å². The van der Waals surface area contributed by atoms with E-state index in [1.807, 2.05) is 0 Å². The van der Waals surface area contributed by atoms with Crippen molar-refractivity contribution in [1.29, 1.82) is 0 Å². The van der Waals surface area contributed by atoms with Crippen LogP contribution in [0.4, 0.5) is 0 Å². The van der Waals surface area contributed by atoms with Crippen LogP contribution in [0.2, 0.25) is 0 Å². The molecule has 0 saturated heterocycles. The molecule has 1 aromatic carbocycles. The quantitative estimate of drug-likeness (QED) is 0.861. The SMILES string of the molecule is NCCCN(CC1CCCc2ccccc21)C1CCC1. The minimum absolute atomic E-state index is 0.748. The maximum absolute atomic E-state index is 5.72. The number of hydrogen-bond donors (Lipinski definition) is 1. The number of rotatable bonds is 6. The fraction of sp³-hybridized carbons (Fsp3) is 0.667. The number of fused-ring (bicyclic) bond motifs is 1. The Morgan fingerprint density at radius 1 is 1.10 bits per heavy atom. The van der Waals surface area contributed by atoms with E-state index in [4.69, 9.17) is 5.73 Å². The third kappa shape index (κ3) is 3.07. The van der Waals surface area contributed by atoms with Gasteiger partial charge in [0.2, 0.25) is 0 Å². The molecule has 0 aromatic heterocycles. The van der Waals surface area contributed by atoms with Crippen LogP contribution in [0.15, 0.2) is 24.3 Å². The Kier molecular flexibility index (Phi) is 4.74. The zero-order chi connectivity index (χ0) is 13.8. The van der Waals surface area contributed by atoms with Gasteiger partial charge in [0, 0.05) is 12.6 Å². The van der Waals surface area contributed by atoms with Crippen LogP contribution in [0.5, 0.6) is 0 Å². The number of hydrogen-bond acceptors (Lipinski definition) is 2. The first-order chi connectivity index (χ1) is 9.88. The van der Waals surface area contributed by atoms with Gasteiger partial charge in [0.25, 0.3) is 0 Å². The van der Waals surface area contributed by atoms with Crippen molar-refractivity contribution in [2.24, 2.45) is 5.73 Å². The van der Waals surface area contributed by atoms with Crippen LogP contribution in [-0.2, 0) is 6.42 Å². The Hall–Kier alpha value is -0.860. The molecule has 0 amide bonds. The lowest BCUT2D eigenvalue weighted by molar-refractivity contribution is 0.115. The summed E-state index contributed by atoms with van der Waals surface area (Å²) >= 11 is 0. The molecule has 1 unspecified atom stereocenters. The molecule has 0 spiro atoms. The summed E-state index contributed by atoms with van der Waals surface area (Å²) in [7, 11) is 0. The summed E-state index contributed by atoms with van der Waals surface area (Å²) in [5.41, 5.74) is 8.93. The van der Waals surface area contributed by atoms with Crippen LogP contribution < -0.4 is 5.73 Å². The normalized spacial score (nSPS) is 22.6. The molecule has 2 N–H and O–H groups in total. The molecule has 1 aromatic rings. The summed E-state index contributed by atoms with van der Waals surface area (Å²) in [5.74, 6) is 0.748. The maximum atomic E-state index is 5.72. The van der Waals surface area contributed by atoms with Crippen LogP contribution >= 0.6 is 0 Å². The third-order valence-electron chi connectivity index (χ3n) is 5.19. The highest BCUT2D eigenvalue weighted by atomic mass is 15.2. The number of nitrogens with zero attached hydrogens (tertiary/aromatic N) is 1. The van der Waals surface area contributed by atoms with Gasteiger partial charge in [-0.2, -0.15) is 0 Å². The number of aryl methyl sites for hydroxylation is 1. The van der Waals surface area contributed by atoms with Gasteiger partial charge in [-0.25, -0.2) is 0 Å². The lowest BCUT2D eigenvalue weighted by atomic mass is 9.81. The fourth-order valence-corrected chi connectivity index (χ4v) is 3.80. The van der Waals surface area contributed by atoms with Gasteiger partial charge >= 0.3 is 0 Å². The van der Waals surface area contributed by atoms with Crippen molar-refractivity contribution in [3.63, 3.8) is 0 Å². The average molecular weight is 272 g/mol. The van der Waals surface area contributed by atoms with Gasteiger partial charge in [0.15, 0.2) is 0 Å². The molecule has 0 radical (unpaired) electrons. The molecule has 2 heteroatoms. The van der Waals surface area contributed by atoms with Crippen molar-refractivity contribution in [1.82, 2.24) is 4.90 Å². The number of benzene rings is 1. The summed E-state index contributed by atoms with van der Waals surface area (Å²) in [5, 5.41) is 0. The molecule has 1 atom stereocenters. The van der Waals surface area contributed by atoms with Crippen molar-refractivity contribution in [3.05, 3.63) is 35.4 Å². The predicted octanol–water partition coefficient (Wildman–Crippen LogP) is 3.31. The largest absolute Gasteiger partial charge is 0.330 e. The smallest absolute Gasteiger partial charge is 0.00955 e. The Balaban J connectivity index is 1.68. The summed E-state index contributed by atoms with van der Waals surface area (Å²) in [4.78, 5) is 2.74. The molecule has 2 nitrogen and oxygen atoms in total. The van der Waals surface area contributed by atoms with E-state index in [1.54, 1.807) is 11.1 Å². The second-order valence-electron chi connectivity index (χ2n) is 6.51. The first kappa shape index (κ1) is 14.1. The topological polar surface area (TPSA) is 29.3 Å². The van der Waals surface area contributed by atoms with Gasteiger partial charge in [0.1, 0.15) is 0 Å². The lowest BCUT2D eigenvalue weighted by Crippen LogP contribution is -2.43.